The molecular weight excluding hydrogens is 476 g/mol. The Balaban J connectivity index is 0.000000205. The highest BCUT2D eigenvalue weighted by atomic mass is 32.2. The van der Waals surface area contributed by atoms with Crippen LogP contribution in [-0.4, -0.2) is 26.1 Å². The van der Waals surface area contributed by atoms with E-state index >= 15 is 0 Å². The number of aryl methyl sites for hydroxylation is 4. The molecule has 4 heterocycles. The molecule has 36 heavy (non-hydrogen) atoms. The smallest absolute Gasteiger partial charge is 0.344 e. The van der Waals surface area contributed by atoms with Crippen molar-refractivity contribution in [1.82, 2.24) is 0 Å². The molecule has 0 atom stereocenters. The number of aromatic nitrogens is 1. The second-order valence-corrected chi connectivity index (χ2v) is 10.8. The summed E-state index contributed by atoms with van der Waals surface area (Å²) in [6, 6.07) is 14.0. The van der Waals surface area contributed by atoms with Crippen molar-refractivity contribution in [3.8, 4) is 11.1 Å². The molecule has 0 saturated carbocycles. The molecule has 2 aliphatic heterocycles. The lowest BCUT2D eigenvalue weighted by Crippen LogP contribution is -2.34. The van der Waals surface area contributed by atoms with Gasteiger partial charge in [-0.3, -0.25) is 0 Å². The third-order valence-corrected chi connectivity index (χ3v) is 7.66. The van der Waals surface area contributed by atoms with Crippen LogP contribution in [0.4, 0.5) is 5.69 Å². The van der Waals surface area contributed by atoms with E-state index in [4.69, 9.17) is 4.42 Å². The number of rotatable bonds is 2. The number of anilines is 1. The Bertz CT molecular complexity index is 1590. The van der Waals surface area contributed by atoms with E-state index in [1.54, 1.807) is 12.1 Å². The minimum absolute atomic E-state index is 0.178. The van der Waals surface area contributed by atoms with Crippen molar-refractivity contribution < 1.29 is 22.0 Å². The number of pyridine rings is 1. The summed E-state index contributed by atoms with van der Waals surface area (Å²) < 4.78 is 39.0. The molecule has 7 nitrogen and oxygen atoms in total. The zero-order valence-corrected chi connectivity index (χ0v) is 21.2. The highest BCUT2D eigenvalue weighted by Crippen LogP contribution is 2.40. The molecule has 0 saturated heterocycles. The van der Waals surface area contributed by atoms with Crippen LogP contribution in [0.1, 0.15) is 29.5 Å². The van der Waals surface area contributed by atoms with E-state index in [0.717, 1.165) is 54.4 Å². The first kappa shape index (κ1) is 24.2. The number of benzene rings is 2. The summed E-state index contributed by atoms with van der Waals surface area (Å²) in [5.41, 5.74) is 7.01. The van der Waals surface area contributed by atoms with Crippen LogP contribution in [0.3, 0.4) is 0 Å². The molecule has 0 amide bonds. The number of nitrogens with zero attached hydrogens (tertiary/aromatic N) is 2. The van der Waals surface area contributed by atoms with Gasteiger partial charge in [0, 0.05) is 47.4 Å². The molecule has 0 fully saturated rings. The highest BCUT2D eigenvalue weighted by Gasteiger charge is 2.27. The Kier molecular flexibility index (Phi) is 6.40. The Hall–Kier alpha value is -3.49. The maximum Gasteiger partial charge on any atom is 0.344 e. The largest absolute Gasteiger partial charge is 0.744 e. The summed E-state index contributed by atoms with van der Waals surface area (Å²) in [6.07, 6.45) is 8.36. The Morgan fingerprint density at radius 1 is 0.972 bits per heavy atom. The van der Waals surface area contributed by atoms with Crippen LogP contribution in [0, 0.1) is 6.92 Å². The van der Waals surface area contributed by atoms with Gasteiger partial charge in [0.15, 0.2) is 12.4 Å². The second kappa shape index (κ2) is 9.52. The first-order valence-corrected chi connectivity index (χ1v) is 13.5. The van der Waals surface area contributed by atoms with Crippen molar-refractivity contribution in [2.24, 2.45) is 7.05 Å². The molecule has 0 radical (unpaired) electrons. The number of hydrogen-bond acceptors (Lipinski definition) is 6. The van der Waals surface area contributed by atoms with Gasteiger partial charge in [0.1, 0.15) is 22.7 Å². The van der Waals surface area contributed by atoms with Gasteiger partial charge < -0.3 is 13.9 Å². The third-order valence-electron chi connectivity index (χ3n) is 6.81. The fraction of sp³-hybridized carbons (Fsp3) is 0.286. The lowest BCUT2D eigenvalue weighted by molar-refractivity contribution is -0.671. The second-order valence-electron chi connectivity index (χ2n) is 9.44. The SMILES string of the molecule is C[n+]1ccc(-c2cc3cc4c5c(c3oc2=O)CCCN5CCC4)cc1.Cc1ccc(S(=O)(=O)[O-])cc1. The topological polar surface area (TPSA) is 94.5 Å². The Morgan fingerprint density at radius 2 is 1.64 bits per heavy atom. The summed E-state index contributed by atoms with van der Waals surface area (Å²) in [7, 11) is -2.30. The minimum atomic E-state index is -4.27. The van der Waals surface area contributed by atoms with Crippen LogP contribution < -0.4 is 15.1 Å². The van der Waals surface area contributed by atoms with Gasteiger partial charge in [-0.1, -0.05) is 17.7 Å². The van der Waals surface area contributed by atoms with Crippen LogP contribution in [0.5, 0.6) is 0 Å². The Labute approximate surface area is 210 Å². The van der Waals surface area contributed by atoms with Crippen LogP contribution in [-0.2, 0) is 30.0 Å². The Morgan fingerprint density at radius 3 is 2.31 bits per heavy atom. The molecule has 0 spiro atoms. The van der Waals surface area contributed by atoms with E-state index in [1.807, 2.05) is 49.1 Å². The summed E-state index contributed by atoms with van der Waals surface area (Å²) in [5, 5.41) is 1.06. The van der Waals surface area contributed by atoms with Gasteiger partial charge in [-0.15, -0.1) is 0 Å². The van der Waals surface area contributed by atoms with Crippen molar-refractivity contribution in [1.29, 1.82) is 0 Å². The van der Waals surface area contributed by atoms with Crippen LogP contribution in [0.2, 0.25) is 0 Å². The van der Waals surface area contributed by atoms with E-state index in [-0.39, 0.29) is 10.5 Å². The lowest BCUT2D eigenvalue weighted by atomic mass is 9.89. The predicted molar refractivity (Wildman–Crippen MR) is 137 cm³/mol. The summed E-state index contributed by atoms with van der Waals surface area (Å²) >= 11 is 0. The molecule has 0 aliphatic carbocycles. The van der Waals surface area contributed by atoms with Gasteiger partial charge in [0.25, 0.3) is 0 Å². The molecule has 0 bridgehead atoms. The van der Waals surface area contributed by atoms with Crippen LogP contribution in [0.25, 0.3) is 22.1 Å². The van der Waals surface area contributed by atoms with Gasteiger partial charge in [0.2, 0.25) is 0 Å². The highest BCUT2D eigenvalue weighted by molar-refractivity contribution is 7.85. The minimum Gasteiger partial charge on any atom is -0.744 e. The molecule has 0 unspecified atom stereocenters. The lowest BCUT2D eigenvalue weighted by Gasteiger charge is -2.37. The van der Waals surface area contributed by atoms with E-state index in [1.165, 1.54) is 35.4 Å². The predicted octanol–water partition coefficient (Wildman–Crippen LogP) is 3.88. The standard InChI is InChI=1S/C21H21N2O2.C7H8O3S/c1-22-10-6-14(7-11-22)18-13-16-12-15-4-2-8-23-9-3-5-17(19(15)23)20(16)25-21(18)24;1-6-2-4-7(5-3-6)11(8,9)10/h6-7,10-13H,2-5,8-9H2,1H3;2-5H,1H3,(H,8,9,10)/q+1;/p-1. The summed E-state index contributed by atoms with van der Waals surface area (Å²) in [4.78, 5) is 15.0. The average molecular weight is 505 g/mol. The van der Waals surface area contributed by atoms with Gasteiger partial charge in [-0.2, -0.15) is 0 Å². The van der Waals surface area contributed by atoms with Crippen molar-refractivity contribution in [2.75, 3.05) is 18.0 Å². The molecule has 2 aliphatic rings. The first-order chi connectivity index (χ1) is 17.2. The van der Waals surface area contributed by atoms with Crippen LogP contribution in [0.15, 0.2) is 75.0 Å². The molecule has 6 rings (SSSR count). The van der Waals surface area contributed by atoms with Gasteiger partial charge in [0.05, 0.1) is 10.5 Å². The van der Waals surface area contributed by atoms with Gasteiger partial charge >= 0.3 is 5.63 Å². The quantitative estimate of drug-likeness (QED) is 0.234. The molecular formula is C28H28N2O5S. The zero-order chi connectivity index (χ0) is 25.4. The average Bonchev–Trinajstić information content (AvgIpc) is 2.85. The molecule has 2 aromatic carbocycles. The van der Waals surface area contributed by atoms with Crippen molar-refractivity contribution in [3.05, 3.63) is 88.0 Å². The number of hydrogen-bond donors (Lipinski definition) is 0. The molecule has 0 N–H and O–H groups in total. The van der Waals surface area contributed by atoms with Crippen molar-refractivity contribution in [2.45, 2.75) is 37.5 Å². The normalized spacial score (nSPS) is 14.7. The van der Waals surface area contributed by atoms with Crippen molar-refractivity contribution >= 4 is 26.8 Å². The van der Waals surface area contributed by atoms with E-state index in [0.29, 0.717) is 5.56 Å². The molecule has 4 aromatic rings. The fourth-order valence-electron chi connectivity index (χ4n) is 5.03. The summed E-state index contributed by atoms with van der Waals surface area (Å²) in [5.74, 6) is 0. The van der Waals surface area contributed by atoms with E-state index in [9.17, 15) is 17.8 Å². The van der Waals surface area contributed by atoms with Crippen molar-refractivity contribution in [3.63, 3.8) is 0 Å². The van der Waals surface area contributed by atoms with Gasteiger partial charge in [-0.25, -0.2) is 17.8 Å². The van der Waals surface area contributed by atoms with Gasteiger partial charge in [-0.05, 0) is 62.4 Å². The maximum absolute atomic E-state index is 12.7. The number of fused-ring (bicyclic) bond motifs is 2. The van der Waals surface area contributed by atoms with E-state index in [2.05, 4.69) is 11.0 Å². The zero-order valence-electron chi connectivity index (χ0n) is 20.4. The fourth-order valence-corrected chi connectivity index (χ4v) is 5.50. The van der Waals surface area contributed by atoms with Crippen LogP contribution >= 0.6 is 0 Å². The molecule has 2 aromatic heterocycles. The maximum atomic E-state index is 12.7. The van der Waals surface area contributed by atoms with E-state index < -0.39 is 10.1 Å². The monoisotopic (exact) mass is 504 g/mol. The molecule has 8 heteroatoms. The molecule has 186 valence electrons. The first-order valence-electron chi connectivity index (χ1n) is 12.1. The summed E-state index contributed by atoms with van der Waals surface area (Å²) in [6.45, 7) is 4.06. The third kappa shape index (κ3) is 4.79.